The van der Waals surface area contributed by atoms with Gasteiger partial charge in [0.25, 0.3) is 0 Å². The summed E-state index contributed by atoms with van der Waals surface area (Å²) in [6, 6.07) is 10.2. The van der Waals surface area contributed by atoms with Crippen molar-refractivity contribution in [1.82, 2.24) is 4.90 Å². The van der Waals surface area contributed by atoms with Crippen molar-refractivity contribution in [3.8, 4) is 5.75 Å². The minimum absolute atomic E-state index is 0.113. The molecule has 20 heavy (non-hydrogen) atoms. The van der Waals surface area contributed by atoms with Crippen molar-refractivity contribution in [1.29, 1.82) is 0 Å². The van der Waals surface area contributed by atoms with Crippen LogP contribution in [0.25, 0.3) is 0 Å². The average Bonchev–Trinajstić information content (AvgIpc) is 2.41. The number of esters is 1. The first kappa shape index (κ1) is 14.9. The largest absolute Gasteiger partial charge is 0.485 e. The van der Waals surface area contributed by atoms with E-state index < -0.39 is 0 Å². The zero-order chi connectivity index (χ0) is 14.5. The van der Waals surface area contributed by atoms with Crippen LogP contribution in [0.15, 0.2) is 30.3 Å². The highest BCUT2D eigenvalue weighted by Gasteiger charge is 2.34. The highest BCUT2D eigenvalue weighted by atomic mass is 16.6. The van der Waals surface area contributed by atoms with Gasteiger partial charge in [-0.2, -0.15) is 0 Å². The Kier molecular flexibility index (Phi) is 5.01. The lowest BCUT2D eigenvalue weighted by Crippen LogP contribution is -2.52. The Morgan fingerprint density at radius 2 is 1.95 bits per heavy atom. The number of para-hydroxylation sites is 1. The fraction of sp³-hybridized carbons (Fsp3) is 0.562. The SMILES string of the molecule is CC(=O)O[C@H]1CCN(C(C)C)C[C@H]1Oc1ccccc1. The van der Waals surface area contributed by atoms with Crippen LogP contribution in [0, 0.1) is 0 Å². The van der Waals surface area contributed by atoms with Crippen molar-refractivity contribution in [3.05, 3.63) is 30.3 Å². The first-order valence-electron chi connectivity index (χ1n) is 7.19. The van der Waals surface area contributed by atoms with Crippen LogP contribution in [-0.4, -0.2) is 42.2 Å². The number of carbonyl (C=O) groups is 1. The molecule has 1 saturated heterocycles. The van der Waals surface area contributed by atoms with E-state index in [9.17, 15) is 4.79 Å². The molecule has 0 unspecified atom stereocenters. The maximum Gasteiger partial charge on any atom is 0.303 e. The van der Waals surface area contributed by atoms with E-state index in [1.807, 2.05) is 30.3 Å². The van der Waals surface area contributed by atoms with Crippen molar-refractivity contribution in [2.24, 2.45) is 0 Å². The predicted molar refractivity (Wildman–Crippen MR) is 77.7 cm³/mol. The third-order valence-corrected chi connectivity index (χ3v) is 3.61. The summed E-state index contributed by atoms with van der Waals surface area (Å²) in [4.78, 5) is 13.6. The number of rotatable bonds is 4. The van der Waals surface area contributed by atoms with Crippen molar-refractivity contribution < 1.29 is 14.3 Å². The summed E-state index contributed by atoms with van der Waals surface area (Å²) < 4.78 is 11.4. The highest BCUT2D eigenvalue weighted by Crippen LogP contribution is 2.22. The first-order chi connectivity index (χ1) is 9.56. The van der Waals surface area contributed by atoms with Gasteiger partial charge in [0.2, 0.25) is 0 Å². The number of piperidine rings is 1. The van der Waals surface area contributed by atoms with E-state index in [1.165, 1.54) is 6.92 Å². The minimum Gasteiger partial charge on any atom is -0.485 e. The van der Waals surface area contributed by atoms with Gasteiger partial charge in [-0.3, -0.25) is 9.69 Å². The molecule has 4 heteroatoms. The molecule has 0 radical (unpaired) electrons. The Morgan fingerprint density at radius 1 is 1.25 bits per heavy atom. The zero-order valence-electron chi connectivity index (χ0n) is 12.4. The molecule has 0 N–H and O–H groups in total. The molecule has 0 aliphatic carbocycles. The molecule has 0 spiro atoms. The number of hydrogen-bond acceptors (Lipinski definition) is 4. The number of benzene rings is 1. The molecule has 0 aromatic heterocycles. The van der Waals surface area contributed by atoms with E-state index in [-0.39, 0.29) is 18.2 Å². The molecule has 1 aromatic rings. The lowest BCUT2D eigenvalue weighted by Gasteiger charge is -2.39. The molecular weight excluding hydrogens is 254 g/mol. The number of nitrogens with zero attached hydrogens (tertiary/aromatic N) is 1. The smallest absolute Gasteiger partial charge is 0.303 e. The van der Waals surface area contributed by atoms with E-state index in [0.29, 0.717) is 6.04 Å². The third kappa shape index (κ3) is 3.97. The molecule has 4 nitrogen and oxygen atoms in total. The van der Waals surface area contributed by atoms with Crippen molar-refractivity contribution in [3.63, 3.8) is 0 Å². The molecule has 0 bridgehead atoms. The fourth-order valence-electron chi connectivity index (χ4n) is 2.52. The Labute approximate surface area is 120 Å². The van der Waals surface area contributed by atoms with E-state index in [1.54, 1.807) is 0 Å². The molecule has 2 rings (SSSR count). The Hall–Kier alpha value is -1.55. The van der Waals surface area contributed by atoms with Gasteiger partial charge in [-0.25, -0.2) is 0 Å². The van der Waals surface area contributed by atoms with Crippen molar-refractivity contribution in [2.45, 2.75) is 45.4 Å². The van der Waals surface area contributed by atoms with Gasteiger partial charge >= 0.3 is 5.97 Å². The van der Waals surface area contributed by atoms with Gasteiger partial charge in [-0.05, 0) is 26.0 Å². The average molecular weight is 277 g/mol. The number of hydrogen-bond donors (Lipinski definition) is 0. The van der Waals surface area contributed by atoms with Crippen LogP contribution in [0.1, 0.15) is 27.2 Å². The van der Waals surface area contributed by atoms with Crippen LogP contribution in [0.4, 0.5) is 0 Å². The Bertz CT molecular complexity index is 433. The molecule has 2 atom stereocenters. The number of ether oxygens (including phenoxy) is 2. The normalized spacial score (nSPS) is 23.6. The van der Waals surface area contributed by atoms with Gasteiger partial charge in [0, 0.05) is 32.5 Å². The predicted octanol–water partition coefficient (Wildman–Crippen LogP) is 2.48. The van der Waals surface area contributed by atoms with Crippen LogP contribution in [0.5, 0.6) is 5.75 Å². The van der Waals surface area contributed by atoms with Gasteiger partial charge in [0.15, 0.2) is 0 Å². The van der Waals surface area contributed by atoms with Crippen molar-refractivity contribution >= 4 is 5.97 Å². The third-order valence-electron chi connectivity index (χ3n) is 3.61. The van der Waals surface area contributed by atoms with E-state index in [2.05, 4.69) is 18.7 Å². The maximum absolute atomic E-state index is 11.2. The van der Waals surface area contributed by atoms with Crippen LogP contribution in [0.2, 0.25) is 0 Å². The summed E-state index contributed by atoms with van der Waals surface area (Å²) in [5, 5.41) is 0. The first-order valence-corrected chi connectivity index (χ1v) is 7.19. The Morgan fingerprint density at radius 3 is 2.55 bits per heavy atom. The van der Waals surface area contributed by atoms with Crippen LogP contribution in [0.3, 0.4) is 0 Å². The molecule has 1 aliphatic rings. The molecule has 1 aliphatic heterocycles. The molecule has 1 heterocycles. The fourth-order valence-corrected chi connectivity index (χ4v) is 2.52. The van der Waals surface area contributed by atoms with E-state index >= 15 is 0 Å². The Balaban J connectivity index is 2.06. The molecule has 110 valence electrons. The molecule has 1 aromatic carbocycles. The van der Waals surface area contributed by atoms with Crippen LogP contribution < -0.4 is 4.74 Å². The lowest BCUT2D eigenvalue weighted by molar-refractivity contribution is -0.155. The summed E-state index contributed by atoms with van der Waals surface area (Å²) in [7, 11) is 0. The summed E-state index contributed by atoms with van der Waals surface area (Å²) in [5.74, 6) is 0.579. The summed E-state index contributed by atoms with van der Waals surface area (Å²) in [5.41, 5.74) is 0. The van der Waals surface area contributed by atoms with Crippen LogP contribution in [-0.2, 0) is 9.53 Å². The molecule has 0 saturated carbocycles. The number of carbonyl (C=O) groups excluding carboxylic acids is 1. The van der Waals surface area contributed by atoms with Gasteiger partial charge in [-0.15, -0.1) is 0 Å². The second-order valence-electron chi connectivity index (χ2n) is 5.49. The second kappa shape index (κ2) is 6.75. The minimum atomic E-state index is -0.241. The van der Waals surface area contributed by atoms with E-state index in [0.717, 1.165) is 25.3 Å². The monoisotopic (exact) mass is 277 g/mol. The summed E-state index contributed by atoms with van der Waals surface area (Å²) >= 11 is 0. The van der Waals surface area contributed by atoms with Gasteiger partial charge in [0.05, 0.1) is 0 Å². The standard InChI is InChI=1S/C16H23NO3/c1-12(2)17-10-9-15(19-13(3)18)16(11-17)20-14-7-5-4-6-8-14/h4-8,12,15-16H,9-11H2,1-3H3/t15-,16+/m0/s1. The lowest BCUT2D eigenvalue weighted by atomic mass is 10.0. The van der Waals surface area contributed by atoms with E-state index in [4.69, 9.17) is 9.47 Å². The highest BCUT2D eigenvalue weighted by molar-refractivity contribution is 5.66. The van der Waals surface area contributed by atoms with Gasteiger partial charge in [-0.1, -0.05) is 18.2 Å². The zero-order valence-corrected chi connectivity index (χ0v) is 12.4. The quantitative estimate of drug-likeness (QED) is 0.793. The van der Waals surface area contributed by atoms with Gasteiger partial charge < -0.3 is 9.47 Å². The molecule has 0 amide bonds. The second-order valence-corrected chi connectivity index (χ2v) is 5.49. The van der Waals surface area contributed by atoms with Crippen LogP contribution >= 0.6 is 0 Å². The van der Waals surface area contributed by atoms with Gasteiger partial charge in [0.1, 0.15) is 18.0 Å². The summed E-state index contributed by atoms with van der Waals surface area (Å²) in [6.45, 7) is 7.51. The molecular formula is C16H23NO3. The summed E-state index contributed by atoms with van der Waals surface area (Å²) in [6.07, 6.45) is 0.537. The van der Waals surface area contributed by atoms with Crippen molar-refractivity contribution in [2.75, 3.05) is 13.1 Å². The maximum atomic E-state index is 11.2. The topological polar surface area (TPSA) is 38.8 Å². The number of likely N-dealkylation sites (tertiary alicyclic amines) is 1. The molecule has 1 fully saturated rings.